The van der Waals surface area contributed by atoms with Gasteiger partial charge in [-0.3, -0.25) is 4.79 Å². The molecule has 50 valence electrons. The summed E-state index contributed by atoms with van der Waals surface area (Å²) in [5.74, 6) is 0.179. The molecular formula is C6H9NO2. The van der Waals surface area contributed by atoms with Gasteiger partial charge >= 0.3 is 0 Å². The Balaban J connectivity index is 2.07. The zero-order chi connectivity index (χ0) is 6.32. The van der Waals surface area contributed by atoms with E-state index in [9.17, 15) is 4.79 Å². The smallest absolute Gasteiger partial charge is 0.220 e. The third-order valence-electron chi connectivity index (χ3n) is 1.99. The molecule has 1 N–H and O–H groups in total. The SMILES string of the molecule is O=C1CCC2(COC2)N1. The molecule has 0 unspecified atom stereocenters. The van der Waals surface area contributed by atoms with Gasteiger partial charge in [0, 0.05) is 6.42 Å². The molecule has 2 aliphatic heterocycles. The second-order valence-electron chi connectivity index (χ2n) is 2.82. The summed E-state index contributed by atoms with van der Waals surface area (Å²) in [5, 5.41) is 2.90. The van der Waals surface area contributed by atoms with E-state index in [0.29, 0.717) is 6.42 Å². The van der Waals surface area contributed by atoms with Crippen LogP contribution in [0.2, 0.25) is 0 Å². The molecule has 0 aromatic heterocycles. The van der Waals surface area contributed by atoms with Crippen molar-refractivity contribution >= 4 is 5.91 Å². The lowest BCUT2D eigenvalue weighted by Crippen LogP contribution is -2.57. The second-order valence-corrected chi connectivity index (χ2v) is 2.82. The monoisotopic (exact) mass is 127 g/mol. The van der Waals surface area contributed by atoms with Gasteiger partial charge in [0.2, 0.25) is 5.91 Å². The molecule has 3 heteroatoms. The molecule has 0 aliphatic carbocycles. The molecular weight excluding hydrogens is 118 g/mol. The van der Waals surface area contributed by atoms with Crippen LogP contribution in [-0.4, -0.2) is 24.7 Å². The Hall–Kier alpha value is -0.570. The van der Waals surface area contributed by atoms with Crippen molar-refractivity contribution in [1.29, 1.82) is 0 Å². The number of rotatable bonds is 0. The van der Waals surface area contributed by atoms with Crippen LogP contribution in [0, 0.1) is 0 Å². The van der Waals surface area contributed by atoms with Crippen LogP contribution in [0.3, 0.4) is 0 Å². The highest BCUT2D eigenvalue weighted by atomic mass is 16.5. The molecule has 2 rings (SSSR count). The Morgan fingerprint density at radius 2 is 2.33 bits per heavy atom. The third kappa shape index (κ3) is 0.645. The van der Waals surface area contributed by atoms with Gasteiger partial charge in [-0.25, -0.2) is 0 Å². The molecule has 2 heterocycles. The summed E-state index contributed by atoms with van der Waals surface area (Å²) >= 11 is 0. The minimum Gasteiger partial charge on any atom is -0.376 e. The fourth-order valence-electron chi connectivity index (χ4n) is 1.34. The zero-order valence-electron chi connectivity index (χ0n) is 5.14. The minimum absolute atomic E-state index is 0.0666. The minimum atomic E-state index is 0.0666. The van der Waals surface area contributed by atoms with Crippen molar-refractivity contribution in [2.45, 2.75) is 18.4 Å². The molecule has 0 aromatic carbocycles. The Morgan fingerprint density at radius 1 is 1.56 bits per heavy atom. The maximum atomic E-state index is 10.7. The van der Waals surface area contributed by atoms with E-state index < -0.39 is 0 Å². The number of hydrogen-bond donors (Lipinski definition) is 1. The summed E-state index contributed by atoms with van der Waals surface area (Å²) in [4.78, 5) is 10.7. The Bertz CT molecular complexity index is 151. The molecule has 0 saturated carbocycles. The van der Waals surface area contributed by atoms with Gasteiger partial charge in [-0.2, -0.15) is 0 Å². The van der Waals surface area contributed by atoms with Crippen LogP contribution in [0.1, 0.15) is 12.8 Å². The first-order valence-electron chi connectivity index (χ1n) is 3.20. The lowest BCUT2D eigenvalue weighted by Gasteiger charge is -2.37. The zero-order valence-corrected chi connectivity index (χ0v) is 5.14. The van der Waals surface area contributed by atoms with Crippen molar-refractivity contribution in [3.8, 4) is 0 Å². The van der Waals surface area contributed by atoms with E-state index in [-0.39, 0.29) is 11.4 Å². The van der Waals surface area contributed by atoms with Gasteiger partial charge in [0.1, 0.15) is 0 Å². The molecule has 2 fully saturated rings. The van der Waals surface area contributed by atoms with Crippen LogP contribution < -0.4 is 5.32 Å². The number of carbonyl (C=O) groups is 1. The summed E-state index contributed by atoms with van der Waals surface area (Å²) in [6.45, 7) is 1.44. The van der Waals surface area contributed by atoms with Crippen LogP contribution in [0.25, 0.3) is 0 Å². The van der Waals surface area contributed by atoms with Crippen molar-refractivity contribution in [1.82, 2.24) is 5.32 Å². The van der Waals surface area contributed by atoms with Gasteiger partial charge in [-0.15, -0.1) is 0 Å². The predicted octanol–water partition coefficient (Wildman–Crippen LogP) is -0.335. The van der Waals surface area contributed by atoms with Crippen LogP contribution in [0.15, 0.2) is 0 Å². The van der Waals surface area contributed by atoms with Gasteiger partial charge in [-0.1, -0.05) is 0 Å². The van der Waals surface area contributed by atoms with E-state index in [1.165, 1.54) is 0 Å². The van der Waals surface area contributed by atoms with Gasteiger partial charge in [0.05, 0.1) is 18.8 Å². The Kier molecular flexibility index (Phi) is 0.858. The van der Waals surface area contributed by atoms with E-state index in [4.69, 9.17) is 4.74 Å². The van der Waals surface area contributed by atoms with Crippen molar-refractivity contribution in [2.75, 3.05) is 13.2 Å². The first-order chi connectivity index (χ1) is 4.31. The molecule has 0 atom stereocenters. The summed E-state index contributed by atoms with van der Waals surface area (Å²) < 4.78 is 4.99. The standard InChI is InChI=1S/C6H9NO2/c8-5-1-2-6(7-5)3-9-4-6/h1-4H2,(H,7,8). The number of carbonyl (C=O) groups excluding carboxylic acids is 1. The van der Waals surface area contributed by atoms with Crippen LogP contribution in [-0.2, 0) is 9.53 Å². The third-order valence-corrected chi connectivity index (χ3v) is 1.99. The number of amides is 1. The average Bonchev–Trinajstić information content (AvgIpc) is 2.09. The normalized spacial score (nSPS) is 30.0. The summed E-state index contributed by atoms with van der Waals surface area (Å²) in [6.07, 6.45) is 1.65. The Labute approximate surface area is 53.4 Å². The molecule has 9 heavy (non-hydrogen) atoms. The second kappa shape index (κ2) is 1.48. The van der Waals surface area contributed by atoms with Gasteiger partial charge < -0.3 is 10.1 Å². The fourth-order valence-corrected chi connectivity index (χ4v) is 1.34. The molecule has 0 bridgehead atoms. The topological polar surface area (TPSA) is 38.3 Å². The van der Waals surface area contributed by atoms with Crippen LogP contribution in [0.4, 0.5) is 0 Å². The maximum absolute atomic E-state index is 10.7. The maximum Gasteiger partial charge on any atom is 0.220 e. The van der Waals surface area contributed by atoms with E-state index >= 15 is 0 Å². The molecule has 0 radical (unpaired) electrons. The van der Waals surface area contributed by atoms with E-state index in [0.717, 1.165) is 19.6 Å². The van der Waals surface area contributed by atoms with Gasteiger partial charge in [0.25, 0.3) is 0 Å². The van der Waals surface area contributed by atoms with E-state index in [1.807, 2.05) is 0 Å². The van der Waals surface area contributed by atoms with Crippen molar-refractivity contribution in [3.05, 3.63) is 0 Å². The molecule has 3 nitrogen and oxygen atoms in total. The largest absolute Gasteiger partial charge is 0.376 e. The highest BCUT2D eigenvalue weighted by Crippen LogP contribution is 2.27. The van der Waals surface area contributed by atoms with Crippen molar-refractivity contribution < 1.29 is 9.53 Å². The molecule has 0 aromatic rings. The molecule has 1 spiro atoms. The number of nitrogens with one attached hydrogen (secondary N) is 1. The number of hydrogen-bond acceptors (Lipinski definition) is 2. The van der Waals surface area contributed by atoms with Crippen molar-refractivity contribution in [3.63, 3.8) is 0 Å². The lowest BCUT2D eigenvalue weighted by molar-refractivity contribution is -0.123. The first-order valence-corrected chi connectivity index (χ1v) is 3.20. The van der Waals surface area contributed by atoms with Gasteiger partial charge in [-0.05, 0) is 6.42 Å². The van der Waals surface area contributed by atoms with Crippen molar-refractivity contribution in [2.24, 2.45) is 0 Å². The highest BCUT2D eigenvalue weighted by molar-refractivity contribution is 5.79. The molecule has 2 aliphatic rings. The summed E-state index contributed by atoms with van der Waals surface area (Å²) in [7, 11) is 0. The predicted molar refractivity (Wildman–Crippen MR) is 30.9 cm³/mol. The fraction of sp³-hybridized carbons (Fsp3) is 0.833. The Morgan fingerprint density at radius 3 is 2.56 bits per heavy atom. The molecule has 2 saturated heterocycles. The van der Waals surface area contributed by atoms with Crippen LogP contribution in [0.5, 0.6) is 0 Å². The first kappa shape index (κ1) is 5.23. The quantitative estimate of drug-likeness (QED) is 0.483. The van der Waals surface area contributed by atoms with E-state index in [1.54, 1.807) is 0 Å². The summed E-state index contributed by atoms with van der Waals surface area (Å²) in [6, 6.07) is 0. The van der Waals surface area contributed by atoms with Crippen LogP contribution >= 0.6 is 0 Å². The lowest BCUT2D eigenvalue weighted by atomic mass is 9.96. The van der Waals surface area contributed by atoms with E-state index in [2.05, 4.69) is 5.32 Å². The molecule has 1 amide bonds. The highest BCUT2D eigenvalue weighted by Gasteiger charge is 2.43. The van der Waals surface area contributed by atoms with Gasteiger partial charge in [0.15, 0.2) is 0 Å². The average molecular weight is 127 g/mol. The summed E-state index contributed by atoms with van der Waals surface area (Å²) in [5.41, 5.74) is 0.0666. The number of ether oxygens (including phenoxy) is 1.